The Balaban J connectivity index is 0. The van der Waals surface area contributed by atoms with Crippen molar-refractivity contribution in [2.75, 3.05) is 12.8 Å². The van der Waals surface area contributed by atoms with Crippen LogP contribution in [0.3, 0.4) is 0 Å². The number of likely N-dealkylation sites (N-methyl/N-ethyl adjacent to an activating group) is 1. The summed E-state index contributed by atoms with van der Waals surface area (Å²) in [5, 5.41) is 21.8. The van der Waals surface area contributed by atoms with Crippen LogP contribution in [-0.4, -0.2) is 60.0 Å². The zero-order valence-electron chi connectivity index (χ0n) is 20.8. The Labute approximate surface area is 283 Å². The van der Waals surface area contributed by atoms with E-state index in [-0.39, 0.29) is 88.7 Å². The van der Waals surface area contributed by atoms with Gasteiger partial charge in [0.25, 0.3) is 23.1 Å². The largest absolute Gasteiger partial charge is 1.00 e. The van der Waals surface area contributed by atoms with Crippen LogP contribution in [0.4, 0.5) is 0 Å². The van der Waals surface area contributed by atoms with Gasteiger partial charge in [0, 0.05) is 19.7 Å². The Hall–Kier alpha value is -1.09. The number of allylic oxidation sites excluding steroid dienone is 2. The summed E-state index contributed by atoms with van der Waals surface area (Å²) in [7, 11) is -8.14. The Kier molecular flexibility index (Phi) is 15.5. The van der Waals surface area contributed by atoms with Gasteiger partial charge in [-0.1, -0.05) is 18.2 Å². The summed E-state index contributed by atoms with van der Waals surface area (Å²) in [4.78, 5) is 40.3. The van der Waals surface area contributed by atoms with Crippen LogP contribution in [0.2, 0.25) is 0 Å². The van der Waals surface area contributed by atoms with Crippen molar-refractivity contribution in [3.05, 3.63) is 67.5 Å². The summed E-state index contributed by atoms with van der Waals surface area (Å²) >= 11 is 0. The Bertz CT molecular complexity index is 1610. The fourth-order valence-corrected chi connectivity index (χ4v) is 4.41. The van der Waals surface area contributed by atoms with Crippen molar-refractivity contribution in [3.8, 4) is 11.9 Å². The average molecular weight is 590 g/mol. The molecule has 1 aromatic rings. The number of hydrogen-bond acceptors (Lipinski definition) is 11. The van der Waals surface area contributed by atoms with Crippen LogP contribution in [0.5, 0.6) is 5.88 Å². The molecule has 0 atom stereocenters. The second-order valence-corrected chi connectivity index (χ2v) is 9.81. The predicted octanol–water partition coefficient (Wildman–Crippen LogP) is -11.0. The fourth-order valence-electron chi connectivity index (χ4n) is 3.12. The van der Waals surface area contributed by atoms with E-state index in [1.807, 2.05) is 0 Å². The van der Waals surface area contributed by atoms with E-state index in [4.69, 9.17) is 6.57 Å². The monoisotopic (exact) mass is 590 g/mol. The minimum Gasteiger partial charge on any atom is -0.860 e. The van der Waals surface area contributed by atoms with Crippen molar-refractivity contribution in [1.29, 1.82) is 5.26 Å². The van der Waals surface area contributed by atoms with Gasteiger partial charge in [-0.2, -0.15) is 5.26 Å². The molecule has 1 aliphatic rings. The number of nitriles is 1. The van der Waals surface area contributed by atoms with Gasteiger partial charge in [-0.3, -0.25) is 19.3 Å². The molecule has 0 aromatic carbocycles. The molecule has 2 amide bonds. The first-order valence-corrected chi connectivity index (χ1v) is 12.2. The first-order chi connectivity index (χ1) is 16.0. The molecule has 0 saturated carbocycles. The van der Waals surface area contributed by atoms with E-state index in [2.05, 4.69) is 4.85 Å². The van der Waals surface area contributed by atoms with Crippen molar-refractivity contribution in [1.82, 2.24) is 9.47 Å². The van der Waals surface area contributed by atoms with Gasteiger partial charge in [0.05, 0.1) is 38.3 Å². The summed E-state index contributed by atoms with van der Waals surface area (Å²) in [6, 6.07) is 1.43. The average Bonchev–Trinajstić information content (AvgIpc) is 2.73. The van der Waals surface area contributed by atoms with Crippen LogP contribution in [0.1, 0.15) is 16.7 Å². The number of aromatic nitrogens is 1. The zero-order valence-corrected chi connectivity index (χ0v) is 28.5. The third-order valence-electron chi connectivity index (χ3n) is 4.73. The van der Waals surface area contributed by atoms with Crippen molar-refractivity contribution >= 4 is 38.1 Å². The topological polar surface area (TPSA) is 225 Å². The summed E-state index contributed by atoms with van der Waals surface area (Å²) in [6.07, 6.45) is 2.60. The molecule has 0 bridgehead atoms. The third kappa shape index (κ3) is 8.97. The fraction of sp³-hybridized carbons (Fsp3) is 0.211. The Morgan fingerprint density at radius 1 is 1.00 bits per heavy atom. The Morgan fingerprint density at radius 3 is 1.97 bits per heavy atom. The Morgan fingerprint density at radius 2 is 1.53 bits per heavy atom. The maximum absolute atomic E-state index is 12.6. The molecule has 184 valence electrons. The van der Waals surface area contributed by atoms with Gasteiger partial charge in [0.1, 0.15) is 11.6 Å². The normalized spacial score (nSPS) is 14.9. The number of carbonyl (C=O) groups excluding carboxylic acids is 2. The van der Waals surface area contributed by atoms with E-state index < -0.39 is 88.5 Å². The molecule has 1 aliphatic heterocycles. The van der Waals surface area contributed by atoms with Crippen molar-refractivity contribution in [3.63, 3.8) is 0 Å². The third-order valence-corrected chi connectivity index (χ3v) is 6.01. The number of rotatable bonds is 6. The number of amides is 2. The summed E-state index contributed by atoms with van der Waals surface area (Å²) < 4.78 is 68.2. The molecule has 0 unspecified atom stereocenters. The van der Waals surface area contributed by atoms with Gasteiger partial charge < -0.3 is 18.8 Å². The minimum absolute atomic E-state index is 0. The van der Waals surface area contributed by atoms with Crippen molar-refractivity contribution in [2.24, 2.45) is 7.05 Å². The van der Waals surface area contributed by atoms with Crippen LogP contribution in [0.25, 0.3) is 10.9 Å². The van der Waals surface area contributed by atoms with Gasteiger partial charge in [0.2, 0.25) is 0 Å². The summed E-state index contributed by atoms with van der Waals surface area (Å²) in [5.74, 6) is -6.08. The van der Waals surface area contributed by atoms with Crippen molar-refractivity contribution < 1.29 is 129 Å². The van der Waals surface area contributed by atoms with Crippen LogP contribution in [0.15, 0.2) is 33.8 Å². The van der Waals surface area contributed by atoms with E-state index in [0.29, 0.717) is 9.47 Å². The molecule has 2 rings (SSSR count). The molecule has 0 fully saturated rings. The standard InChI is InChI=1S/C19H16N4O10S2.3Na/c1-21-15-14(9-35(31,32)33)11(17(25)23(3)19(15)27)6-4-5-10-13(8-34(28,29)30)12(7-20)18(26)22(2)16(10)24;;;/h4-6,24H,8-9H2,2-3H3,(H,28,29,30)(H,31,32,33);;;/q;3*+1/p-3/b5-4?,11-6-;;;. The van der Waals surface area contributed by atoms with E-state index in [0.717, 1.165) is 32.3 Å². The molecule has 19 heteroatoms. The molecule has 1 aromatic heterocycles. The first-order valence-electron chi connectivity index (χ1n) is 9.05. The van der Waals surface area contributed by atoms with E-state index in [1.54, 1.807) is 0 Å². The van der Waals surface area contributed by atoms with E-state index >= 15 is 0 Å². The van der Waals surface area contributed by atoms with Crippen LogP contribution in [-0.2, 0) is 42.6 Å². The molecule has 0 spiro atoms. The van der Waals surface area contributed by atoms with Gasteiger partial charge in [-0.05, 0) is 22.6 Å². The number of pyridine rings is 1. The molecular weight excluding hydrogens is 577 g/mol. The number of nitrogens with zero attached hydrogens (tertiary/aromatic N) is 4. The second kappa shape index (κ2) is 15.1. The molecular formula is C19H13N4Na3O10S2. The maximum atomic E-state index is 12.6. The number of carbonyl (C=O) groups is 2. The van der Waals surface area contributed by atoms with Gasteiger partial charge in [-0.15, -0.1) is 0 Å². The second-order valence-electron chi connectivity index (χ2n) is 7.00. The van der Waals surface area contributed by atoms with Gasteiger partial charge in [0.15, 0.2) is 0 Å². The molecule has 0 N–H and O–H groups in total. The molecule has 0 aliphatic carbocycles. The first kappa shape index (κ1) is 39.1. The van der Waals surface area contributed by atoms with Crippen LogP contribution < -0.4 is 99.3 Å². The van der Waals surface area contributed by atoms with Crippen LogP contribution >= 0.6 is 0 Å². The van der Waals surface area contributed by atoms with Crippen molar-refractivity contribution in [2.45, 2.75) is 5.75 Å². The molecule has 38 heavy (non-hydrogen) atoms. The molecule has 0 saturated heterocycles. The quantitative estimate of drug-likeness (QED) is 0.0994. The number of hydrogen-bond donors (Lipinski definition) is 0. The summed E-state index contributed by atoms with van der Waals surface area (Å²) in [5.41, 5.74) is -5.25. The summed E-state index contributed by atoms with van der Waals surface area (Å²) in [6.45, 7) is 7.13. The smallest absolute Gasteiger partial charge is 0.860 e. The molecule has 14 nitrogen and oxygen atoms in total. The zero-order chi connectivity index (χ0) is 26.9. The maximum Gasteiger partial charge on any atom is 1.00 e. The predicted molar refractivity (Wildman–Crippen MR) is 112 cm³/mol. The van der Waals surface area contributed by atoms with Crippen LogP contribution in [0, 0.1) is 17.9 Å². The van der Waals surface area contributed by atoms with E-state index in [9.17, 15) is 50.7 Å². The van der Waals surface area contributed by atoms with E-state index in [1.165, 1.54) is 6.07 Å². The number of imide groups is 1. The van der Waals surface area contributed by atoms with Gasteiger partial charge in [-0.25, -0.2) is 21.7 Å². The molecule has 2 heterocycles. The molecule has 0 radical (unpaired) electrons. The SMILES string of the molecule is [C-]#[N+]C1=C(CS(=O)(=O)[O-])/C(=C/C=Cc2c(CS(=O)(=O)[O-])c(C#N)c(=O)n(C)c2[O-])C(=O)N(C)C1=O.[Na+].[Na+].[Na+]. The van der Waals surface area contributed by atoms with Gasteiger partial charge >= 0.3 is 88.7 Å². The minimum atomic E-state index is -5.06.